The average molecular weight is 243 g/mol. The van der Waals surface area contributed by atoms with Gasteiger partial charge in [-0.05, 0) is 19.4 Å². The van der Waals surface area contributed by atoms with Crippen LogP contribution in [0.3, 0.4) is 0 Å². The Hall–Kier alpha value is -1.29. The molecule has 1 rings (SSSR count). The van der Waals surface area contributed by atoms with Crippen LogP contribution in [0.5, 0.6) is 0 Å². The summed E-state index contributed by atoms with van der Waals surface area (Å²) in [5, 5.41) is 0. The van der Waals surface area contributed by atoms with Gasteiger partial charge < -0.3 is 9.88 Å². The molecule has 0 bridgehead atoms. The molecule has 0 fully saturated rings. The second-order valence-electron chi connectivity index (χ2n) is 3.37. The number of carbonyl (C=O) groups is 1. The van der Waals surface area contributed by atoms with E-state index in [1.54, 1.807) is 4.90 Å². The third-order valence-corrected chi connectivity index (χ3v) is 2.53. The minimum absolute atomic E-state index is 0.0798. The number of pyridine rings is 1. The quantitative estimate of drug-likeness (QED) is 0.795. The van der Waals surface area contributed by atoms with Crippen molar-refractivity contribution in [1.29, 1.82) is 0 Å². The molecule has 4 nitrogen and oxygen atoms in total. The molecule has 1 aromatic heterocycles. The molecular formula is C11H15ClN2O2. The first-order valence-corrected chi connectivity index (χ1v) is 5.76. The number of aromatic amines is 1. The van der Waals surface area contributed by atoms with Gasteiger partial charge in [-0.25, -0.2) is 0 Å². The highest BCUT2D eigenvalue weighted by atomic mass is 35.5. The number of carbonyl (C=O) groups excluding carboxylic acids is 1. The molecule has 5 heteroatoms. The second kappa shape index (κ2) is 6.33. The molecular weight excluding hydrogens is 228 g/mol. The number of nitrogens with one attached hydrogen (secondary N) is 1. The summed E-state index contributed by atoms with van der Waals surface area (Å²) in [7, 11) is 0. The molecule has 0 aliphatic carbocycles. The van der Waals surface area contributed by atoms with Crippen LogP contribution in [0.1, 0.15) is 23.7 Å². The summed E-state index contributed by atoms with van der Waals surface area (Å²) in [4.78, 5) is 27.0. The van der Waals surface area contributed by atoms with E-state index in [9.17, 15) is 9.59 Å². The van der Waals surface area contributed by atoms with E-state index in [2.05, 4.69) is 4.98 Å². The van der Waals surface area contributed by atoms with Crippen molar-refractivity contribution >= 4 is 17.5 Å². The first kappa shape index (κ1) is 12.8. The highest BCUT2D eigenvalue weighted by Gasteiger charge is 2.13. The Labute approximate surface area is 99.2 Å². The number of amides is 1. The smallest absolute Gasteiger partial charge is 0.255 e. The van der Waals surface area contributed by atoms with Gasteiger partial charge >= 0.3 is 0 Å². The van der Waals surface area contributed by atoms with E-state index in [0.29, 0.717) is 24.5 Å². The standard InChI is InChI=1S/C11H15ClN2O2/c1-2-14(7-3-6-12)11(16)9-4-5-10(15)13-8-9/h4-5,8H,2-3,6-7H2,1H3,(H,13,15). The Morgan fingerprint density at radius 2 is 2.25 bits per heavy atom. The van der Waals surface area contributed by atoms with Gasteiger partial charge in [0, 0.05) is 31.2 Å². The summed E-state index contributed by atoms with van der Waals surface area (Å²) in [5.74, 6) is 0.457. The molecule has 0 saturated carbocycles. The lowest BCUT2D eigenvalue weighted by Gasteiger charge is -2.20. The van der Waals surface area contributed by atoms with E-state index in [4.69, 9.17) is 11.6 Å². The third kappa shape index (κ3) is 3.38. The van der Waals surface area contributed by atoms with Crippen LogP contribution in [-0.4, -0.2) is 34.8 Å². The van der Waals surface area contributed by atoms with Gasteiger partial charge in [-0.2, -0.15) is 0 Å². The summed E-state index contributed by atoms with van der Waals surface area (Å²) in [5.41, 5.74) is 0.288. The summed E-state index contributed by atoms with van der Waals surface area (Å²) in [6, 6.07) is 2.88. The number of aromatic nitrogens is 1. The lowest BCUT2D eigenvalue weighted by molar-refractivity contribution is 0.0764. The fraction of sp³-hybridized carbons (Fsp3) is 0.455. The first-order chi connectivity index (χ1) is 7.69. The zero-order valence-electron chi connectivity index (χ0n) is 9.20. The molecule has 0 atom stereocenters. The predicted molar refractivity (Wildman–Crippen MR) is 64.0 cm³/mol. The van der Waals surface area contributed by atoms with E-state index in [1.807, 2.05) is 6.92 Å². The van der Waals surface area contributed by atoms with Crippen molar-refractivity contribution in [1.82, 2.24) is 9.88 Å². The Morgan fingerprint density at radius 3 is 2.75 bits per heavy atom. The molecule has 0 radical (unpaired) electrons. The number of nitrogens with zero attached hydrogens (tertiary/aromatic N) is 1. The number of alkyl halides is 1. The van der Waals surface area contributed by atoms with Crippen molar-refractivity contribution in [2.45, 2.75) is 13.3 Å². The van der Waals surface area contributed by atoms with Crippen LogP contribution in [0.25, 0.3) is 0 Å². The Morgan fingerprint density at radius 1 is 1.50 bits per heavy atom. The van der Waals surface area contributed by atoms with Gasteiger partial charge in [0.2, 0.25) is 5.56 Å². The molecule has 0 aliphatic rings. The van der Waals surface area contributed by atoms with E-state index in [0.717, 1.165) is 6.42 Å². The lowest BCUT2D eigenvalue weighted by atomic mass is 10.2. The number of hydrogen-bond acceptors (Lipinski definition) is 2. The van der Waals surface area contributed by atoms with Gasteiger partial charge in [0.15, 0.2) is 0 Å². The zero-order chi connectivity index (χ0) is 12.0. The molecule has 1 heterocycles. The van der Waals surface area contributed by atoms with Crippen molar-refractivity contribution in [3.05, 3.63) is 34.2 Å². The predicted octanol–water partition coefficient (Wildman–Crippen LogP) is 1.47. The molecule has 1 N–H and O–H groups in total. The fourth-order valence-corrected chi connectivity index (χ4v) is 1.50. The maximum atomic E-state index is 12.0. The van der Waals surface area contributed by atoms with Crippen LogP contribution >= 0.6 is 11.6 Å². The van der Waals surface area contributed by atoms with Gasteiger partial charge in [0.05, 0.1) is 5.56 Å². The van der Waals surface area contributed by atoms with Crippen LogP contribution in [0, 0.1) is 0 Å². The van der Waals surface area contributed by atoms with Gasteiger partial charge in [0.25, 0.3) is 5.91 Å². The van der Waals surface area contributed by atoms with Crippen LogP contribution in [-0.2, 0) is 0 Å². The van der Waals surface area contributed by atoms with Crippen molar-refractivity contribution in [3.63, 3.8) is 0 Å². The maximum absolute atomic E-state index is 12.0. The molecule has 1 aromatic rings. The minimum atomic E-state index is -0.208. The van der Waals surface area contributed by atoms with Crippen molar-refractivity contribution in [2.24, 2.45) is 0 Å². The summed E-state index contributed by atoms with van der Waals surface area (Å²) >= 11 is 5.59. The summed E-state index contributed by atoms with van der Waals surface area (Å²) in [6.45, 7) is 3.19. The van der Waals surface area contributed by atoms with Gasteiger partial charge in [-0.3, -0.25) is 9.59 Å². The largest absolute Gasteiger partial charge is 0.339 e. The number of H-pyrrole nitrogens is 1. The van der Waals surface area contributed by atoms with Crippen LogP contribution < -0.4 is 5.56 Å². The van der Waals surface area contributed by atoms with Crippen LogP contribution in [0.15, 0.2) is 23.1 Å². The van der Waals surface area contributed by atoms with Gasteiger partial charge in [-0.1, -0.05) is 0 Å². The summed E-state index contributed by atoms with van der Waals surface area (Å²) in [6.07, 6.45) is 2.21. The molecule has 0 aliphatic heterocycles. The van der Waals surface area contributed by atoms with Crippen molar-refractivity contribution < 1.29 is 4.79 Å². The molecule has 88 valence electrons. The third-order valence-electron chi connectivity index (χ3n) is 2.26. The maximum Gasteiger partial charge on any atom is 0.255 e. The number of hydrogen-bond donors (Lipinski definition) is 1. The van der Waals surface area contributed by atoms with E-state index in [-0.39, 0.29) is 11.5 Å². The Bertz CT molecular complexity index is 383. The molecule has 1 amide bonds. The van der Waals surface area contributed by atoms with Crippen LogP contribution in [0.4, 0.5) is 0 Å². The van der Waals surface area contributed by atoms with Gasteiger partial charge in [0.1, 0.15) is 0 Å². The van der Waals surface area contributed by atoms with E-state index in [1.165, 1.54) is 18.3 Å². The first-order valence-electron chi connectivity index (χ1n) is 5.23. The molecule has 16 heavy (non-hydrogen) atoms. The van der Waals surface area contributed by atoms with Crippen molar-refractivity contribution in [3.8, 4) is 0 Å². The average Bonchev–Trinajstić information content (AvgIpc) is 2.30. The summed E-state index contributed by atoms with van der Waals surface area (Å²) < 4.78 is 0. The van der Waals surface area contributed by atoms with E-state index < -0.39 is 0 Å². The highest BCUT2D eigenvalue weighted by molar-refractivity contribution is 6.17. The van der Waals surface area contributed by atoms with Crippen molar-refractivity contribution in [2.75, 3.05) is 19.0 Å². The molecule has 0 spiro atoms. The normalized spacial score (nSPS) is 10.1. The molecule has 0 aromatic carbocycles. The topological polar surface area (TPSA) is 53.2 Å². The monoisotopic (exact) mass is 242 g/mol. The van der Waals surface area contributed by atoms with Gasteiger partial charge in [-0.15, -0.1) is 11.6 Å². The molecule has 0 saturated heterocycles. The fourth-order valence-electron chi connectivity index (χ4n) is 1.38. The zero-order valence-corrected chi connectivity index (χ0v) is 9.96. The lowest BCUT2D eigenvalue weighted by Crippen LogP contribution is -2.32. The highest BCUT2D eigenvalue weighted by Crippen LogP contribution is 2.03. The Balaban J connectivity index is 2.74. The Kier molecular flexibility index (Phi) is 5.05. The second-order valence-corrected chi connectivity index (χ2v) is 3.75. The van der Waals surface area contributed by atoms with E-state index >= 15 is 0 Å². The number of halogens is 1. The molecule has 0 unspecified atom stereocenters. The SMILES string of the molecule is CCN(CCCCl)C(=O)c1ccc(=O)[nH]c1. The minimum Gasteiger partial charge on any atom is -0.339 e. The number of rotatable bonds is 5. The van der Waals surface area contributed by atoms with Crippen LogP contribution in [0.2, 0.25) is 0 Å².